The van der Waals surface area contributed by atoms with Crippen LogP contribution in [0.4, 0.5) is 47.2 Å². The third kappa shape index (κ3) is 6.17. The number of hydrogen-bond donors (Lipinski definition) is 2. The Morgan fingerprint density at radius 1 is 1.00 bits per heavy atom. The highest BCUT2D eigenvalue weighted by molar-refractivity contribution is 5.90. The minimum atomic E-state index is -4.89. The smallest absolute Gasteiger partial charge is 0.414 e. The number of likely N-dealkylation sites (tertiary alicyclic amines) is 1. The summed E-state index contributed by atoms with van der Waals surface area (Å²) in [5.74, 6) is -3.51. The first-order valence-electron chi connectivity index (χ1n) is 12.5. The largest absolute Gasteiger partial charge is 0.451 e. The summed E-state index contributed by atoms with van der Waals surface area (Å²) >= 11 is 0. The van der Waals surface area contributed by atoms with Crippen molar-refractivity contribution in [2.45, 2.75) is 38.0 Å². The highest BCUT2D eigenvalue weighted by atomic mass is 19.4. The minimum absolute atomic E-state index is 0.0605. The first-order valence-corrected chi connectivity index (χ1v) is 12.5. The van der Waals surface area contributed by atoms with Crippen LogP contribution in [0.2, 0.25) is 0 Å². The molecular formula is C25H20F7N9O2. The Balaban J connectivity index is 1.36. The van der Waals surface area contributed by atoms with Crippen molar-refractivity contribution in [3.63, 3.8) is 0 Å². The number of aromatic nitrogens is 6. The van der Waals surface area contributed by atoms with Gasteiger partial charge in [0.15, 0.2) is 0 Å². The van der Waals surface area contributed by atoms with Gasteiger partial charge in [-0.2, -0.15) is 26.3 Å². The van der Waals surface area contributed by atoms with Crippen molar-refractivity contribution in [1.82, 2.24) is 35.0 Å². The van der Waals surface area contributed by atoms with Crippen LogP contribution in [0, 0.1) is 12.7 Å². The van der Waals surface area contributed by atoms with Crippen molar-refractivity contribution in [3.8, 4) is 23.0 Å². The fourth-order valence-corrected chi connectivity index (χ4v) is 4.65. The maximum absolute atomic E-state index is 14.2. The number of aryl methyl sites for hydroxylation is 1. The number of alkyl halides is 6. The second kappa shape index (κ2) is 11.1. The summed E-state index contributed by atoms with van der Waals surface area (Å²) in [6.07, 6.45) is -8.25. The molecule has 1 saturated heterocycles. The van der Waals surface area contributed by atoms with Crippen LogP contribution in [0.3, 0.4) is 0 Å². The Hall–Kier alpha value is -4.90. The normalized spacial score (nSPS) is 14.7. The molecule has 0 unspecified atom stereocenters. The van der Waals surface area contributed by atoms with E-state index in [4.69, 9.17) is 10.2 Å². The Kier molecular flexibility index (Phi) is 7.61. The lowest BCUT2D eigenvalue weighted by Gasteiger charge is -2.32. The number of urea groups is 1. The van der Waals surface area contributed by atoms with Crippen molar-refractivity contribution in [2.24, 2.45) is 0 Å². The number of nitrogens with zero attached hydrogens (tertiary/aromatic N) is 7. The molecule has 18 heteroatoms. The topological polar surface area (TPSA) is 149 Å². The zero-order valence-electron chi connectivity index (χ0n) is 22.0. The molecule has 0 aliphatic carbocycles. The summed E-state index contributed by atoms with van der Waals surface area (Å²) in [5, 5.41) is 9.78. The van der Waals surface area contributed by atoms with E-state index < -0.39 is 41.3 Å². The molecule has 2 amide bonds. The van der Waals surface area contributed by atoms with Crippen molar-refractivity contribution in [3.05, 3.63) is 59.1 Å². The molecule has 3 aromatic heterocycles. The lowest BCUT2D eigenvalue weighted by atomic mass is 9.90. The SMILES string of the molecule is Cc1nc(N)nc(C2CCN(C(=O)Nc3c(F)cccc3C(F)(F)F)CC2)c1-c1nnc(-c2ccnc(C(F)(F)F)n2)o1. The quantitative estimate of drug-likeness (QED) is 0.287. The molecule has 4 aromatic rings. The maximum atomic E-state index is 14.2. The van der Waals surface area contributed by atoms with Gasteiger partial charge in [-0.25, -0.2) is 29.1 Å². The predicted molar refractivity (Wildman–Crippen MR) is 134 cm³/mol. The van der Waals surface area contributed by atoms with E-state index >= 15 is 0 Å². The van der Waals surface area contributed by atoms with E-state index in [0.29, 0.717) is 17.5 Å². The Morgan fingerprint density at radius 2 is 1.70 bits per heavy atom. The standard InChI is InChI=1S/C25H20F7N9O2/c1-11-16(20-40-39-19(43-20)15-5-8-34-21(36-15)25(30,31)32)17(37-22(33)35-11)12-6-9-41(10-7-12)23(42)38-18-13(24(27,28)29)3-2-4-14(18)26/h2-5,8,12H,6-7,9-10H2,1H3,(H,38,42)(H2,33,35,37). The zero-order valence-corrected chi connectivity index (χ0v) is 22.0. The van der Waals surface area contributed by atoms with Gasteiger partial charge in [0.2, 0.25) is 11.8 Å². The third-order valence-corrected chi connectivity index (χ3v) is 6.62. The average molecular weight is 611 g/mol. The molecule has 0 radical (unpaired) electrons. The molecule has 0 spiro atoms. The number of nitrogen functional groups attached to an aromatic ring is 1. The Bertz CT molecular complexity index is 1670. The molecule has 1 aromatic carbocycles. The number of halogens is 7. The lowest BCUT2D eigenvalue weighted by molar-refractivity contribution is -0.145. The van der Waals surface area contributed by atoms with Gasteiger partial charge in [-0.1, -0.05) is 6.07 Å². The molecular weight excluding hydrogens is 591 g/mol. The average Bonchev–Trinajstić information content (AvgIpc) is 3.42. The van der Waals surface area contributed by atoms with Crippen molar-refractivity contribution in [2.75, 3.05) is 24.1 Å². The van der Waals surface area contributed by atoms with E-state index in [9.17, 15) is 35.5 Å². The van der Waals surface area contributed by atoms with Gasteiger partial charge >= 0.3 is 18.4 Å². The van der Waals surface area contributed by atoms with E-state index in [-0.39, 0.29) is 60.8 Å². The summed E-state index contributed by atoms with van der Waals surface area (Å²) in [6.45, 7) is 1.71. The van der Waals surface area contributed by atoms with E-state index in [1.54, 1.807) is 6.92 Å². The third-order valence-electron chi connectivity index (χ3n) is 6.62. The summed E-state index contributed by atoms with van der Waals surface area (Å²) in [4.78, 5) is 29.1. The molecule has 0 atom stereocenters. The van der Waals surface area contributed by atoms with Gasteiger partial charge < -0.3 is 20.4 Å². The van der Waals surface area contributed by atoms with E-state index in [2.05, 4.69) is 30.1 Å². The van der Waals surface area contributed by atoms with Crippen LogP contribution >= 0.6 is 0 Å². The molecule has 43 heavy (non-hydrogen) atoms. The monoisotopic (exact) mass is 611 g/mol. The molecule has 0 bridgehead atoms. The van der Waals surface area contributed by atoms with Crippen molar-refractivity contribution >= 4 is 17.7 Å². The highest BCUT2D eigenvalue weighted by Crippen LogP contribution is 2.38. The number of nitrogens with one attached hydrogen (secondary N) is 1. The van der Waals surface area contributed by atoms with Gasteiger partial charge in [-0.05, 0) is 38.0 Å². The zero-order chi connectivity index (χ0) is 31.1. The van der Waals surface area contributed by atoms with Crippen LogP contribution in [0.15, 0.2) is 34.9 Å². The van der Waals surface area contributed by atoms with Gasteiger partial charge in [0.25, 0.3) is 11.8 Å². The lowest BCUT2D eigenvalue weighted by Crippen LogP contribution is -2.41. The molecule has 11 nitrogen and oxygen atoms in total. The highest BCUT2D eigenvalue weighted by Gasteiger charge is 2.37. The van der Waals surface area contributed by atoms with Crippen LogP contribution in [0.1, 0.15) is 41.5 Å². The fraction of sp³-hybridized carbons (Fsp3) is 0.320. The van der Waals surface area contributed by atoms with E-state index in [1.165, 1.54) is 11.0 Å². The van der Waals surface area contributed by atoms with Gasteiger partial charge in [0.1, 0.15) is 11.5 Å². The second-order valence-corrected chi connectivity index (χ2v) is 9.45. The first-order chi connectivity index (χ1) is 20.2. The maximum Gasteiger partial charge on any atom is 0.451 e. The van der Waals surface area contributed by atoms with Gasteiger partial charge in [0.05, 0.1) is 28.2 Å². The van der Waals surface area contributed by atoms with Crippen LogP contribution in [-0.4, -0.2) is 54.2 Å². The van der Waals surface area contributed by atoms with Crippen LogP contribution in [-0.2, 0) is 12.4 Å². The number of hydrogen-bond acceptors (Lipinski definition) is 9. The number of piperidine rings is 1. The number of carbonyl (C=O) groups is 1. The molecule has 5 rings (SSSR count). The summed E-state index contributed by atoms with van der Waals surface area (Å²) in [5.41, 5.74) is 4.30. The minimum Gasteiger partial charge on any atom is -0.414 e. The van der Waals surface area contributed by atoms with Crippen molar-refractivity contribution in [1.29, 1.82) is 0 Å². The van der Waals surface area contributed by atoms with Gasteiger partial charge in [-0.15, -0.1) is 10.2 Å². The van der Waals surface area contributed by atoms with E-state index in [0.717, 1.165) is 18.3 Å². The second-order valence-electron chi connectivity index (χ2n) is 9.45. The molecule has 0 saturated carbocycles. The number of benzene rings is 1. The van der Waals surface area contributed by atoms with Gasteiger partial charge in [0, 0.05) is 25.2 Å². The molecule has 4 heterocycles. The number of carbonyl (C=O) groups excluding carboxylic acids is 1. The van der Waals surface area contributed by atoms with Crippen molar-refractivity contribution < 1.29 is 39.9 Å². The Labute approximate surface area is 237 Å². The number of amides is 2. The summed E-state index contributed by atoms with van der Waals surface area (Å²) in [6, 6.07) is 2.61. The molecule has 1 aliphatic heterocycles. The van der Waals surface area contributed by atoms with E-state index in [1.807, 2.05) is 5.32 Å². The fourth-order valence-electron chi connectivity index (χ4n) is 4.65. The molecule has 3 N–H and O–H groups in total. The van der Waals surface area contributed by atoms with Gasteiger partial charge in [-0.3, -0.25) is 0 Å². The number of rotatable bonds is 4. The van der Waals surface area contributed by atoms with Crippen LogP contribution in [0.25, 0.3) is 23.0 Å². The van der Waals surface area contributed by atoms with Crippen LogP contribution in [0.5, 0.6) is 0 Å². The number of nitrogens with two attached hydrogens (primary N) is 1. The summed E-state index contributed by atoms with van der Waals surface area (Å²) < 4.78 is 99.1. The first kappa shape index (κ1) is 29.6. The number of para-hydroxylation sites is 1. The number of anilines is 2. The van der Waals surface area contributed by atoms with Crippen LogP contribution < -0.4 is 11.1 Å². The predicted octanol–water partition coefficient (Wildman–Crippen LogP) is 5.46. The molecule has 226 valence electrons. The summed E-state index contributed by atoms with van der Waals surface area (Å²) in [7, 11) is 0. The molecule has 1 fully saturated rings. The Morgan fingerprint density at radius 3 is 2.37 bits per heavy atom. The molecule has 1 aliphatic rings.